The van der Waals surface area contributed by atoms with E-state index in [1.54, 1.807) is 6.07 Å². The lowest BCUT2D eigenvalue weighted by Crippen LogP contribution is -2.46. The lowest BCUT2D eigenvalue weighted by molar-refractivity contribution is -0.123. The van der Waals surface area contributed by atoms with Crippen LogP contribution in [-0.4, -0.2) is 41.7 Å². The fourth-order valence-corrected chi connectivity index (χ4v) is 5.21. The van der Waals surface area contributed by atoms with Crippen LogP contribution in [0.5, 0.6) is 11.5 Å². The van der Waals surface area contributed by atoms with E-state index in [0.29, 0.717) is 34.6 Å². The number of rotatable bonds is 5. The highest BCUT2D eigenvalue weighted by Gasteiger charge is 2.46. The van der Waals surface area contributed by atoms with Crippen LogP contribution in [0.25, 0.3) is 0 Å². The number of nitrogens with one attached hydrogen (secondary N) is 2. The van der Waals surface area contributed by atoms with Crippen LogP contribution >= 0.6 is 0 Å². The van der Waals surface area contributed by atoms with Gasteiger partial charge in [0.05, 0.1) is 0 Å². The van der Waals surface area contributed by atoms with E-state index in [4.69, 9.17) is 9.47 Å². The second kappa shape index (κ2) is 8.86. The number of benzene rings is 1. The van der Waals surface area contributed by atoms with Gasteiger partial charge in [-0.25, -0.2) is 0 Å². The van der Waals surface area contributed by atoms with Crippen molar-refractivity contribution >= 4 is 5.91 Å². The summed E-state index contributed by atoms with van der Waals surface area (Å²) in [4.78, 5) is 30.3. The Morgan fingerprint density at radius 1 is 1.15 bits per heavy atom. The minimum Gasteiger partial charge on any atom is -0.448 e. The Kier molecular flexibility index (Phi) is 6.27. The molecular weight excluding hydrogens is 418 g/mol. The van der Waals surface area contributed by atoms with Crippen molar-refractivity contribution in [2.75, 3.05) is 14.1 Å². The second-order valence-electron chi connectivity index (χ2n) is 9.88. The number of hydrogen-bond acceptors (Lipinski definition) is 5. The smallest absolute Gasteiger partial charge is 0.253 e. The van der Waals surface area contributed by atoms with Crippen LogP contribution in [0.2, 0.25) is 0 Å². The number of ether oxygens (including phenoxy) is 2. The molecule has 7 nitrogen and oxygen atoms in total. The van der Waals surface area contributed by atoms with E-state index in [2.05, 4.69) is 29.3 Å². The van der Waals surface area contributed by atoms with Gasteiger partial charge in [-0.2, -0.15) is 0 Å². The van der Waals surface area contributed by atoms with Crippen molar-refractivity contribution in [2.45, 2.75) is 71.8 Å². The maximum Gasteiger partial charge on any atom is 0.253 e. The molecule has 4 rings (SSSR count). The molecule has 1 amide bonds. The monoisotopic (exact) mass is 453 g/mol. The summed E-state index contributed by atoms with van der Waals surface area (Å²) < 4.78 is 12.7. The third-order valence-electron chi connectivity index (χ3n) is 7.32. The van der Waals surface area contributed by atoms with Crippen molar-refractivity contribution in [1.29, 1.82) is 0 Å². The molecular formula is C26H35N3O4. The summed E-state index contributed by atoms with van der Waals surface area (Å²) in [6, 6.07) is 6.10. The van der Waals surface area contributed by atoms with Gasteiger partial charge in [0.1, 0.15) is 0 Å². The predicted octanol–water partition coefficient (Wildman–Crippen LogP) is 3.84. The zero-order valence-corrected chi connectivity index (χ0v) is 20.5. The molecule has 2 N–H and O–H groups in total. The molecule has 2 heterocycles. The molecule has 2 aromatic rings. The third kappa shape index (κ3) is 4.51. The molecule has 0 spiro atoms. The maximum atomic E-state index is 13.0. The number of fused-ring (bicyclic) bond motifs is 1. The highest BCUT2D eigenvalue weighted by Crippen LogP contribution is 2.48. The van der Waals surface area contributed by atoms with E-state index in [9.17, 15) is 9.59 Å². The van der Waals surface area contributed by atoms with Gasteiger partial charge in [-0.1, -0.05) is 0 Å². The van der Waals surface area contributed by atoms with Gasteiger partial charge in [-0.05, 0) is 84.3 Å². The molecule has 7 heteroatoms. The Bertz CT molecular complexity index is 1120. The van der Waals surface area contributed by atoms with Crippen LogP contribution in [0, 0.1) is 26.7 Å². The Hall–Kier alpha value is -2.80. The van der Waals surface area contributed by atoms with Crippen LogP contribution in [0.15, 0.2) is 23.0 Å². The number of nitrogens with zero attached hydrogens (tertiary/aromatic N) is 1. The summed E-state index contributed by atoms with van der Waals surface area (Å²) in [5.74, 6) is 0.676. The molecule has 1 aromatic heterocycles. The fraction of sp³-hybridized carbons (Fsp3) is 0.538. The molecule has 2 aliphatic rings. The first-order valence-electron chi connectivity index (χ1n) is 11.7. The number of pyridine rings is 1. The normalized spacial score (nSPS) is 24.2. The molecule has 33 heavy (non-hydrogen) atoms. The molecule has 1 aliphatic heterocycles. The van der Waals surface area contributed by atoms with Gasteiger partial charge in [-0.15, -0.1) is 0 Å². The first kappa shape index (κ1) is 23.4. The zero-order chi connectivity index (χ0) is 23.9. The van der Waals surface area contributed by atoms with E-state index in [1.807, 2.05) is 39.8 Å². The summed E-state index contributed by atoms with van der Waals surface area (Å²) in [6.45, 7) is 7.78. The Balaban J connectivity index is 1.47. The lowest BCUT2D eigenvalue weighted by atomic mass is 9.81. The SMILES string of the molecule is Cc1cc(C)c(CNC(=O)c2ccc3c(c2C)OC(C)(C2CCC(N(C)C)CC2)O3)c(=O)[nH]1. The predicted molar refractivity (Wildman–Crippen MR) is 128 cm³/mol. The third-order valence-corrected chi connectivity index (χ3v) is 7.32. The standard InChI is InChI=1S/C26H35N3O4/c1-15-13-16(2)28-25(31)21(15)14-27-24(30)20-11-12-22-23(17(20)3)33-26(4,32-22)18-7-9-19(10-8-18)29(5)6/h11-13,18-19H,7-10,14H2,1-6H3,(H,27,30)(H,28,31). The molecule has 0 saturated heterocycles. The van der Waals surface area contributed by atoms with Crippen LogP contribution in [0.1, 0.15) is 65.3 Å². The summed E-state index contributed by atoms with van der Waals surface area (Å²) in [6.07, 6.45) is 4.34. The topological polar surface area (TPSA) is 83.7 Å². The number of aromatic amines is 1. The van der Waals surface area contributed by atoms with Gasteiger partial charge < -0.3 is 24.7 Å². The number of H-pyrrole nitrogens is 1. The average Bonchev–Trinajstić information content (AvgIpc) is 3.12. The quantitative estimate of drug-likeness (QED) is 0.719. The molecule has 178 valence electrons. The minimum atomic E-state index is -0.716. The van der Waals surface area contributed by atoms with Gasteiger partial charge in [0.2, 0.25) is 0 Å². The molecule has 1 saturated carbocycles. The first-order chi connectivity index (χ1) is 15.6. The van der Waals surface area contributed by atoms with Gasteiger partial charge in [0.15, 0.2) is 11.5 Å². The fourth-order valence-electron chi connectivity index (χ4n) is 5.21. The van der Waals surface area contributed by atoms with Crippen molar-refractivity contribution in [3.8, 4) is 11.5 Å². The van der Waals surface area contributed by atoms with Gasteiger partial charge >= 0.3 is 0 Å². The van der Waals surface area contributed by atoms with E-state index in [-0.39, 0.29) is 18.0 Å². The molecule has 0 radical (unpaired) electrons. The largest absolute Gasteiger partial charge is 0.448 e. The molecule has 1 fully saturated rings. The highest BCUT2D eigenvalue weighted by atomic mass is 16.7. The van der Waals surface area contributed by atoms with E-state index in [0.717, 1.165) is 42.5 Å². The van der Waals surface area contributed by atoms with Crippen LogP contribution in [0.4, 0.5) is 0 Å². The summed E-state index contributed by atoms with van der Waals surface area (Å²) in [5.41, 5.74) is 3.34. The molecule has 0 bridgehead atoms. The number of aryl methyl sites for hydroxylation is 2. The second-order valence-corrected chi connectivity index (χ2v) is 9.88. The molecule has 1 unspecified atom stereocenters. The summed E-state index contributed by atoms with van der Waals surface area (Å²) in [7, 11) is 4.27. The number of aromatic nitrogens is 1. The van der Waals surface area contributed by atoms with E-state index in [1.165, 1.54) is 0 Å². The summed E-state index contributed by atoms with van der Waals surface area (Å²) >= 11 is 0. The van der Waals surface area contributed by atoms with Crippen molar-refractivity contribution in [3.05, 3.63) is 56.5 Å². The number of hydrogen-bond donors (Lipinski definition) is 2. The minimum absolute atomic E-state index is 0.168. The Morgan fingerprint density at radius 3 is 2.48 bits per heavy atom. The molecule has 1 atom stereocenters. The Morgan fingerprint density at radius 2 is 1.85 bits per heavy atom. The summed E-state index contributed by atoms with van der Waals surface area (Å²) in [5, 5.41) is 2.89. The van der Waals surface area contributed by atoms with Crippen LogP contribution in [0.3, 0.4) is 0 Å². The van der Waals surface area contributed by atoms with Gasteiger partial charge in [-0.3, -0.25) is 9.59 Å². The molecule has 1 aromatic carbocycles. The van der Waals surface area contributed by atoms with Crippen LogP contribution < -0.4 is 20.3 Å². The van der Waals surface area contributed by atoms with Crippen molar-refractivity contribution in [3.63, 3.8) is 0 Å². The van der Waals surface area contributed by atoms with Crippen molar-refractivity contribution in [2.24, 2.45) is 5.92 Å². The first-order valence-corrected chi connectivity index (χ1v) is 11.7. The van der Waals surface area contributed by atoms with Gasteiger partial charge in [0.25, 0.3) is 17.3 Å². The highest BCUT2D eigenvalue weighted by molar-refractivity contribution is 5.96. The maximum absolute atomic E-state index is 13.0. The number of carbonyl (C=O) groups is 1. The average molecular weight is 454 g/mol. The van der Waals surface area contributed by atoms with E-state index >= 15 is 0 Å². The van der Waals surface area contributed by atoms with Gasteiger partial charge in [0, 0.05) is 47.8 Å². The lowest BCUT2D eigenvalue weighted by Gasteiger charge is -2.39. The Labute approximate surface area is 195 Å². The van der Waals surface area contributed by atoms with Crippen molar-refractivity contribution < 1.29 is 14.3 Å². The van der Waals surface area contributed by atoms with E-state index < -0.39 is 5.79 Å². The molecule has 1 aliphatic carbocycles. The number of carbonyl (C=O) groups excluding carboxylic acids is 1. The van der Waals surface area contributed by atoms with Crippen LogP contribution in [-0.2, 0) is 6.54 Å². The zero-order valence-electron chi connectivity index (χ0n) is 20.5. The number of amides is 1. The van der Waals surface area contributed by atoms with Crippen molar-refractivity contribution in [1.82, 2.24) is 15.2 Å².